The lowest BCUT2D eigenvalue weighted by molar-refractivity contribution is -0.129. The van der Waals surface area contributed by atoms with Crippen molar-refractivity contribution >= 4 is 11.8 Å². The van der Waals surface area contributed by atoms with Gasteiger partial charge in [-0.05, 0) is 61.7 Å². The Labute approximate surface area is 155 Å². The lowest BCUT2D eigenvalue weighted by Gasteiger charge is -2.18. The van der Waals surface area contributed by atoms with Gasteiger partial charge in [-0.2, -0.15) is 0 Å². The van der Waals surface area contributed by atoms with Crippen LogP contribution in [0.25, 0.3) is 0 Å². The van der Waals surface area contributed by atoms with E-state index in [9.17, 15) is 9.59 Å². The maximum Gasteiger partial charge on any atom is 0.251 e. The summed E-state index contributed by atoms with van der Waals surface area (Å²) in [6.45, 7) is 6.97. The lowest BCUT2D eigenvalue weighted by Crippen LogP contribution is -2.37. The van der Waals surface area contributed by atoms with Gasteiger partial charge in [-0.3, -0.25) is 9.59 Å². The second-order valence-electron chi connectivity index (χ2n) is 6.31. The summed E-state index contributed by atoms with van der Waals surface area (Å²) in [5, 5.41) is 2.69. The van der Waals surface area contributed by atoms with E-state index in [1.54, 1.807) is 18.0 Å². The molecule has 26 heavy (non-hydrogen) atoms. The molecule has 0 aliphatic rings. The summed E-state index contributed by atoms with van der Waals surface area (Å²) >= 11 is 0. The number of carbonyl (C=O) groups is 2. The fraction of sp³-hybridized carbons (Fsp3) is 0.333. The molecule has 0 aliphatic heterocycles. The molecule has 2 amide bonds. The Kier molecular flexibility index (Phi) is 6.78. The Bertz CT molecular complexity index is 769. The molecule has 2 rings (SSSR count). The van der Waals surface area contributed by atoms with Crippen molar-refractivity contribution in [2.45, 2.75) is 27.3 Å². The molecule has 0 bridgehead atoms. The Morgan fingerprint density at radius 1 is 1.04 bits per heavy atom. The molecule has 0 unspecified atom stereocenters. The minimum atomic E-state index is -0.240. The summed E-state index contributed by atoms with van der Waals surface area (Å²) in [5.41, 5.74) is 3.75. The van der Waals surface area contributed by atoms with E-state index in [0.717, 1.165) is 22.4 Å². The van der Waals surface area contributed by atoms with Gasteiger partial charge in [-0.1, -0.05) is 18.2 Å². The Morgan fingerprint density at radius 2 is 1.73 bits per heavy atom. The first-order valence-corrected chi connectivity index (χ1v) is 8.72. The average molecular weight is 354 g/mol. The van der Waals surface area contributed by atoms with Gasteiger partial charge in [0.15, 0.2) is 0 Å². The minimum Gasteiger partial charge on any atom is -0.494 e. The van der Waals surface area contributed by atoms with E-state index in [-0.39, 0.29) is 18.4 Å². The largest absolute Gasteiger partial charge is 0.494 e. The van der Waals surface area contributed by atoms with Crippen molar-refractivity contribution in [2.24, 2.45) is 0 Å². The number of carbonyl (C=O) groups excluding carboxylic acids is 2. The average Bonchev–Trinajstić information content (AvgIpc) is 2.63. The van der Waals surface area contributed by atoms with Crippen molar-refractivity contribution in [3.8, 4) is 5.75 Å². The Balaban J connectivity index is 1.86. The van der Waals surface area contributed by atoms with Crippen LogP contribution in [0.15, 0.2) is 42.5 Å². The molecule has 2 aromatic rings. The van der Waals surface area contributed by atoms with E-state index in [0.29, 0.717) is 18.7 Å². The summed E-state index contributed by atoms with van der Waals surface area (Å²) in [6.07, 6.45) is 0. The molecule has 0 spiro atoms. The fourth-order valence-corrected chi connectivity index (χ4v) is 2.50. The normalized spacial score (nSPS) is 10.3. The van der Waals surface area contributed by atoms with Crippen molar-refractivity contribution in [1.29, 1.82) is 0 Å². The van der Waals surface area contributed by atoms with Crippen molar-refractivity contribution in [3.63, 3.8) is 0 Å². The van der Waals surface area contributed by atoms with Crippen LogP contribution in [0.2, 0.25) is 0 Å². The van der Waals surface area contributed by atoms with E-state index < -0.39 is 0 Å². The number of benzene rings is 2. The van der Waals surface area contributed by atoms with Crippen LogP contribution in [0.3, 0.4) is 0 Å². The molecule has 0 heterocycles. The molecular weight excluding hydrogens is 328 g/mol. The number of hydrogen-bond acceptors (Lipinski definition) is 3. The highest BCUT2D eigenvalue weighted by Gasteiger charge is 2.12. The number of nitrogens with zero attached hydrogens (tertiary/aromatic N) is 1. The number of amides is 2. The highest BCUT2D eigenvalue weighted by molar-refractivity contribution is 5.96. The molecule has 0 fully saturated rings. The second kappa shape index (κ2) is 9.04. The predicted octanol–water partition coefficient (Wildman–Crippen LogP) is 3.09. The predicted molar refractivity (Wildman–Crippen MR) is 102 cm³/mol. The Morgan fingerprint density at radius 3 is 2.35 bits per heavy atom. The van der Waals surface area contributed by atoms with Crippen molar-refractivity contribution in [2.75, 3.05) is 20.2 Å². The highest BCUT2D eigenvalue weighted by atomic mass is 16.5. The molecule has 0 atom stereocenters. The zero-order chi connectivity index (χ0) is 19.1. The van der Waals surface area contributed by atoms with E-state index in [2.05, 4.69) is 5.32 Å². The molecule has 2 aromatic carbocycles. The van der Waals surface area contributed by atoms with Crippen molar-refractivity contribution in [1.82, 2.24) is 10.2 Å². The van der Waals surface area contributed by atoms with Gasteiger partial charge in [0.1, 0.15) is 5.75 Å². The molecule has 0 aromatic heterocycles. The number of likely N-dealkylation sites (N-methyl/N-ethyl adjacent to an activating group) is 1. The standard InChI is InChI=1S/C21H26N2O3/c1-5-26-19-10-7-17(8-11-19)14-23(4)20(24)13-22-21(25)18-9-6-15(2)16(3)12-18/h6-12H,5,13-14H2,1-4H3,(H,22,25). The minimum absolute atomic E-state index is 0.0285. The summed E-state index contributed by atoms with van der Waals surface area (Å²) in [7, 11) is 1.72. The number of ether oxygens (including phenoxy) is 1. The molecule has 1 N–H and O–H groups in total. The first-order valence-electron chi connectivity index (χ1n) is 8.72. The van der Waals surface area contributed by atoms with Crippen LogP contribution in [0.5, 0.6) is 5.75 Å². The molecule has 0 saturated carbocycles. The SMILES string of the molecule is CCOc1ccc(CN(C)C(=O)CNC(=O)c2ccc(C)c(C)c2)cc1. The van der Waals surface area contributed by atoms with E-state index >= 15 is 0 Å². The van der Waals surface area contributed by atoms with Crippen LogP contribution in [-0.4, -0.2) is 36.9 Å². The third-order valence-electron chi connectivity index (χ3n) is 4.25. The molecule has 0 saturated heterocycles. The number of aryl methyl sites for hydroxylation is 2. The van der Waals surface area contributed by atoms with Crippen LogP contribution in [-0.2, 0) is 11.3 Å². The summed E-state index contributed by atoms with van der Waals surface area (Å²) in [4.78, 5) is 26.1. The highest BCUT2D eigenvalue weighted by Crippen LogP contribution is 2.13. The van der Waals surface area contributed by atoms with E-state index in [4.69, 9.17) is 4.74 Å². The monoisotopic (exact) mass is 354 g/mol. The number of nitrogens with one attached hydrogen (secondary N) is 1. The zero-order valence-corrected chi connectivity index (χ0v) is 15.8. The Hall–Kier alpha value is -2.82. The zero-order valence-electron chi connectivity index (χ0n) is 15.8. The third kappa shape index (κ3) is 5.34. The summed E-state index contributed by atoms with van der Waals surface area (Å²) in [5.74, 6) is 0.429. The van der Waals surface area contributed by atoms with Gasteiger partial charge in [-0.15, -0.1) is 0 Å². The van der Waals surface area contributed by atoms with Gasteiger partial charge in [0.2, 0.25) is 5.91 Å². The van der Waals surface area contributed by atoms with Gasteiger partial charge in [-0.25, -0.2) is 0 Å². The van der Waals surface area contributed by atoms with Gasteiger partial charge in [0, 0.05) is 19.2 Å². The maximum atomic E-state index is 12.3. The van der Waals surface area contributed by atoms with Gasteiger partial charge >= 0.3 is 0 Å². The van der Waals surface area contributed by atoms with Crippen LogP contribution in [0.4, 0.5) is 0 Å². The number of hydrogen-bond donors (Lipinski definition) is 1. The molecule has 5 nitrogen and oxygen atoms in total. The second-order valence-corrected chi connectivity index (χ2v) is 6.31. The molecule has 5 heteroatoms. The molecule has 138 valence electrons. The van der Waals surface area contributed by atoms with Gasteiger partial charge in [0.25, 0.3) is 5.91 Å². The van der Waals surface area contributed by atoms with Crippen LogP contribution < -0.4 is 10.1 Å². The first kappa shape index (κ1) is 19.5. The fourth-order valence-electron chi connectivity index (χ4n) is 2.50. The van der Waals surface area contributed by atoms with E-state index in [1.807, 2.05) is 57.2 Å². The van der Waals surface area contributed by atoms with E-state index in [1.165, 1.54) is 0 Å². The third-order valence-corrected chi connectivity index (χ3v) is 4.25. The first-order chi connectivity index (χ1) is 12.4. The summed E-state index contributed by atoms with van der Waals surface area (Å²) < 4.78 is 5.41. The molecule has 0 aliphatic carbocycles. The van der Waals surface area contributed by atoms with Crippen LogP contribution in [0.1, 0.15) is 34.0 Å². The molecular formula is C21H26N2O3. The van der Waals surface area contributed by atoms with Crippen molar-refractivity contribution in [3.05, 3.63) is 64.7 Å². The topological polar surface area (TPSA) is 58.6 Å². The van der Waals surface area contributed by atoms with Crippen molar-refractivity contribution < 1.29 is 14.3 Å². The summed E-state index contributed by atoms with van der Waals surface area (Å²) in [6, 6.07) is 13.1. The lowest BCUT2D eigenvalue weighted by atomic mass is 10.1. The van der Waals surface area contributed by atoms with Gasteiger partial charge in [0.05, 0.1) is 13.2 Å². The maximum absolute atomic E-state index is 12.3. The van der Waals surface area contributed by atoms with Gasteiger partial charge < -0.3 is 15.0 Å². The quantitative estimate of drug-likeness (QED) is 0.831. The van der Waals surface area contributed by atoms with Crippen LogP contribution in [0, 0.1) is 13.8 Å². The molecule has 0 radical (unpaired) electrons. The smallest absolute Gasteiger partial charge is 0.251 e. The van der Waals surface area contributed by atoms with Crippen LogP contribution >= 0.6 is 0 Å². The number of rotatable bonds is 7.